The largest absolute Gasteiger partial charge is 0.486 e. The lowest BCUT2D eigenvalue weighted by atomic mass is 9.77. The third-order valence-corrected chi connectivity index (χ3v) is 8.61. The van der Waals surface area contributed by atoms with Gasteiger partial charge in [-0.1, -0.05) is 11.8 Å². The number of hydrogen-bond acceptors (Lipinski definition) is 9. The Hall–Kier alpha value is -2.26. The highest BCUT2D eigenvalue weighted by atomic mass is 32.2. The van der Waals surface area contributed by atoms with Crippen molar-refractivity contribution >= 4 is 29.2 Å². The molecule has 1 saturated carbocycles. The topological polar surface area (TPSA) is 98.4 Å². The summed E-state index contributed by atoms with van der Waals surface area (Å²) in [7, 11) is 0. The van der Waals surface area contributed by atoms with E-state index < -0.39 is 0 Å². The zero-order chi connectivity index (χ0) is 21.8. The van der Waals surface area contributed by atoms with Crippen LogP contribution in [0.2, 0.25) is 0 Å². The highest BCUT2D eigenvalue weighted by Crippen LogP contribution is 2.47. The lowest BCUT2D eigenvalue weighted by Gasteiger charge is -2.45. The van der Waals surface area contributed by atoms with E-state index >= 15 is 0 Å². The van der Waals surface area contributed by atoms with Crippen molar-refractivity contribution in [3.63, 3.8) is 0 Å². The molecule has 0 amide bonds. The van der Waals surface area contributed by atoms with Crippen molar-refractivity contribution in [2.24, 2.45) is 5.41 Å². The minimum absolute atomic E-state index is 0.0689. The van der Waals surface area contributed by atoms with Crippen LogP contribution in [0.15, 0.2) is 28.4 Å². The van der Waals surface area contributed by atoms with Crippen molar-refractivity contribution in [3.05, 3.63) is 18.5 Å². The molecule has 8 nitrogen and oxygen atoms in total. The number of piperidine rings is 1. The third kappa shape index (κ3) is 3.55. The second kappa shape index (κ2) is 7.66. The van der Waals surface area contributed by atoms with Gasteiger partial charge < -0.3 is 25.4 Å². The van der Waals surface area contributed by atoms with Crippen molar-refractivity contribution in [2.45, 2.75) is 67.0 Å². The molecule has 9 heteroatoms. The van der Waals surface area contributed by atoms with Gasteiger partial charge in [-0.05, 0) is 56.9 Å². The Bertz CT molecular complexity index is 1020. The predicted molar refractivity (Wildman–Crippen MR) is 124 cm³/mol. The summed E-state index contributed by atoms with van der Waals surface area (Å²) >= 11 is 1.49. The summed E-state index contributed by atoms with van der Waals surface area (Å²) in [6.07, 6.45) is 11.0. The summed E-state index contributed by atoms with van der Waals surface area (Å²) < 4.78 is 12.0. The summed E-state index contributed by atoms with van der Waals surface area (Å²) in [5.41, 5.74) is 6.76. The quantitative estimate of drug-likeness (QED) is 0.719. The van der Waals surface area contributed by atoms with E-state index in [1.807, 2.05) is 18.5 Å². The van der Waals surface area contributed by atoms with Gasteiger partial charge in [-0.25, -0.2) is 15.0 Å². The number of rotatable bonds is 3. The molecular formula is C23H30N6O2S. The second-order valence-electron chi connectivity index (χ2n) is 9.87. The molecule has 2 spiro atoms. The maximum absolute atomic E-state index is 6.35. The number of nitrogens with two attached hydrogens (primary N) is 1. The summed E-state index contributed by atoms with van der Waals surface area (Å²) in [6, 6.07) is 1.95. The molecule has 3 N–H and O–H groups in total. The Morgan fingerprint density at radius 3 is 2.72 bits per heavy atom. The van der Waals surface area contributed by atoms with E-state index in [9.17, 15) is 0 Å². The molecule has 4 aliphatic rings. The average molecular weight is 455 g/mol. The highest BCUT2D eigenvalue weighted by Gasteiger charge is 2.42. The lowest BCUT2D eigenvalue weighted by molar-refractivity contribution is 0.0976. The second-order valence-corrected chi connectivity index (χ2v) is 10.9. The molecule has 2 aromatic rings. The molecule has 2 saturated heterocycles. The number of pyridine rings is 1. The number of fused-ring (bicyclic) bond motifs is 1. The van der Waals surface area contributed by atoms with Crippen molar-refractivity contribution < 1.29 is 9.47 Å². The zero-order valence-electron chi connectivity index (χ0n) is 18.5. The van der Waals surface area contributed by atoms with E-state index in [4.69, 9.17) is 20.2 Å². The first-order chi connectivity index (χ1) is 15.5. The zero-order valence-corrected chi connectivity index (χ0v) is 19.3. The van der Waals surface area contributed by atoms with Crippen LogP contribution in [0.1, 0.15) is 45.4 Å². The predicted octanol–water partition coefficient (Wildman–Crippen LogP) is 3.73. The molecule has 1 aliphatic carbocycles. The maximum Gasteiger partial charge on any atom is 0.175 e. The summed E-state index contributed by atoms with van der Waals surface area (Å²) in [5, 5.41) is 4.29. The van der Waals surface area contributed by atoms with Gasteiger partial charge in [0.1, 0.15) is 17.5 Å². The van der Waals surface area contributed by atoms with E-state index in [1.54, 1.807) is 0 Å². The number of aromatic nitrogens is 3. The van der Waals surface area contributed by atoms with Crippen molar-refractivity contribution in [1.29, 1.82) is 0 Å². The fourth-order valence-electron chi connectivity index (χ4n) is 5.43. The van der Waals surface area contributed by atoms with Gasteiger partial charge in [0.15, 0.2) is 17.4 Å². The van der Waals surface area contributed by atoms with Crippen molar-refractivity contribution in [3.8, 4) is 5.75 Å². The Labute approximate surface area is 192 Å². The Kier molecular flexibility index (Phi) is 4.87. The first-order valence-electron chi connectivity index (χ1n) is 11.6. The summed E-state index contributed by atoms with van der Waals surface area (Å²) in [5.74, 6) is 2.91. The van der Waals surface area contributed by atoms with Gasteiger partial charge in [0.05, 0.1) is 29.3 Å². The van der Waals surface area contributed by atoms with Gasteiger partial charge in [0.25, 0.3) is 0 Å². The molecule has 0 radical (unpaired) electrons. The number of ether oxygens (including phenoxy) is 2. The van der Waals surface area contributed by atoms with Crippen LogP contribution in [0, 0.1) is 5.41 Å². The van der Waals surface area contributed by atoms with E-state index in [-0.39, 0.29) is 5.54 Å². The molecule has 0 bridgehead atoms. The smallest absolute Gasteiger partial charge is 0.175 e. The van der Waals surface area contributed by atoms with Crippen LogP contribution >= 0.6 is 11.8 Å². The molecular weight excluding hydrogens is 424 g/mol. The maximum atomic E-state index is 6.35. The molecule has 0 unspecified atom stereocenters. The van der Waals surface area contributed by atoms with Crippen LogP contribution in [-0.2, 0) is 4.74 Å². The molecule has 32 heavy (non-hydrogen) atoms. The first-order valence-corrected chi connectivity index (χ1v) is 12.4. The van der Waals surface area contributed by atoms with Gasteiger partial charge in [-0.3, -0.25) is 0 Å². The average Bonchev–Trinajstić information content (AvgIpc) is 3.14. The van der Waals surface area contributed by atoms with E-state index in [1.165, 1.54) is 24.6 Å². The number of hydrogen-bond donors (Lipinski definition) is 2. The number of nitrogens with zero attached hydrogens (tertiary/aromatic N) is 4. The standard InChI is InChI=1S/C23H30N6O2S/c1-15-11-22(13-30-15)6-9-29(10-7-22)17-12-26-21(19(24)27-17)32-16-3-8-25-20-18(16)31-14-23(28-20)4-2-5-23/h3,8,12,15H,2,4-7,9-11,13-14H2,1H3,(H2,24,27)(H,25,28)/t15-/m0/s1. The van der Waals surface area contributed by atoms with Gasteiger partial charge in [-0.15, -0.1) is 0 Å². The van der Waals surface area contributed by atoms with Crippen LogP contribution in [0.3, 0.4) is 0 Å². The number of anilines is 3. The summed E-state index contributed by atoms with van der Waals surface area (Å²) in [4.78, 5) is 17.1. The third-order valence-electron chi connectivity index (χ3n) is 7.56. The van der Waals surface area contributed by atoms with Gasteiger partial charge >= 0.3 is 0 Å². The molecule has 1 atom stereocenters. The molecule has 170 valence electrons. The van der Waals surface area contributed by atoms with Crippen LogP contribution in [0.4, 0.5) is 17.5 Å². The monoisotopic (exact) mass is 454 g/mol. The number of nitrogens with one attached hydrogen (secondary N) is 1. The lowest BCUT2D eigenvalue weighted by Crippen LogP contribution is -2.52. The highest BCUT2D eigenvalue weighted by molar-refractivity contribution is 7.99. The van der Waals surface area contributed by atoms with Crippen LogP contribution in [0.25, 0.3) is 0 Å². The Balaban J connectivity index is 1.16. The molecule has 0 aromatic carbocycles. The number of nitrogen functional groups attached to an aromatic ring is 1. The van der Waals surface area contributed by atoms with Crippen LogP contribution < -0.4 is 20.7 Å². The fraction of sp³-hybridized carbons (Fsp3) is 0.609. The molecule has 2 aromatic heterocycles. The van der Waals surface area contributed by atoms with E-state index in [2.05, 4.69) is 27.1 Å². The Morgan fingerprint density at radius 2 is 2.03 bits per heavy atom. The fourth-order valence-corrected chi connectivity index (χ4v) is 6.27. The first kappa shape index (κ1) is 20.4. The van der Waals surface area contributed by atoms with Crippen molar-refractivity contribution in [1.82, 2.24) is 15.0 Å². The van der Waals surface area contributed by atoms with Gasteiger partial charge in [0, 0.05) is 19.3 Å². The molecule has 3 fully saturated rings. The van der Waals surface area contributed by atoms with Gasteiger partial charge in [0.2, 0.25) is 0 Å². The van der Waals surface area contributed by atoms with Gasteiger partial charge in [-0.2, -0.15) is 0 Å². The SMILES string of the molecule is C[C@H]1CC2(CCN(c3cnc(Sc4ccnc5c4OCC4(CCC4)N5)c(N)n3)CC2)CO1. The minimum Gasteiger partial charge on any atom is -0.486 e. The Morgan fingerprint density at radius 1 is 1.19 bits per heavy atom. The molecule has 3 aliphatic heterocycles. The van der Waals surface area contributed by atoms with E-state index in [0.29, 0.717) is 29.0 Å². The van der Waals surface area contributed by atoms with E-state index in [0.717, 1.165) is 67.7 Å². The molecule has 6 rings (SSSR count). The summed E-state index contributed by atoms with van der Waals surface area (Å²) in [6.45, 7) is 5.68. The minimum atomic E-state index is 0.0689. The molecule has 5 heterocycles. The normalized spacial score (nSPS) is 25.2. The van der Waals surface area contributed by atoms with Crippen LogP contribution in [0.5, 0.6) is 5.75 Å². The van der Waals surface area contributed by atoms with Crippen LogP contribution in [-0.4, -0.2) is 52.9 Å². The van der Waals surface area contributed by atoms with Crippen molar-refractivity contribution in [2.75, 3.05) is 42.3 Å².